The van der Waals surface area contributed by atoms with Crippen molar-refractivity contribution in [3.63, 3.8) is 0 Å². The smallest absolute Gasteiger partial charge is 0.211 e. The van der Waals surface area contributed by atoms with Crippen LogP contribution in [0, 0.1) is 5.92 Å². The van der Waals surface area contributed by atoms with Gasteiger partial charge < -0.3 is 0 Å². The first kappa shape index (κ1) is 16.9. The summed E-state index contributed by atoms with van der Waals surface area (Å²) >= 11 is 1.74. The molecular formula is C14H25N3O2S2. The summed E-state index contributed by atoms with van der Waals surface area (Å²) in [6.45, 7) is 7.36. The summed E-state index contributed by atoms with van der Waals surface area (Å²) in [5.41, 5.74) is 1.17. The molecule has 0 unspecified atom stereocenters. The first-order valence-electron chi connectivity index (χ1n) is 7.65. The fourth-order valence-corrected chi connectivity index (χ4v) is 3.94. The van der Waals surface area contributed by atoms with E-state index in [-0.39, 0.29) is 5.75 Å². The molecule has 1 aliphatic rings. The normalized spacial score (nSPS) is 18.2. The van der Waals surface area contributed by atoms with Crippen molar-refractivity contribution >= 4 is 21.4 Å². The van der Waals surface area contributed by atoms with E-state index in [2.05, 4.69) is 26.9 Å². The summed E-state index contributed by atoms with van der Waals surface area (Å²) in [4.78, 5) is 7.02. The molecule has 0 aliphatic carbocycles. The first-order valence-corrected chi connectivity index (χ1v) is 10.2. The van der Waals surface area contributed by atoms with Gasteiger partial charge in [-0.2, -0.15) is 0 Å². The Morgan fingerprint density at radius 3 is 2.67 bits per heavy atom. The van der Waals surface area contributed by atoms with Gasteiger partial charge in [-0.05, 0) is 45.2 Å². The van der Waals surface area contributed by atoms with E-state index in [1.807, 2.05) is 0 Å². The van der Waals surface area contributed by atoms with Gasteiger partial charge in [0, 0.05) is 18.5 Å². The zero-order valence-electron chi connectivity index (χ0n) is 12.8. The van der Waals surface area contributed by atoms with Crippen molar-refractivity contribution in [2.75, 3.05) is 25.4 Å². The van der Waals surface area contributed by atoms with Crippen molar-refractivity contribution in [3.8, 4) is 0 Å². The minimum atomic E-state index is -3.05. The van der Waals surface area contributed by atoms with Gasteiger partial charge in [0.25, 0.3) is 0 Å². The van der Waals surface area contributed by atoms with Crippen molar-refractivity contribution in [2.45, 2.75) is 39.7 Å². The molecule has 2 rings (SSSR count). The molecule has 1 aromatic heterocycles. The van der Waals surface area contributed by atoms with Crippen LogP contribution in [-0.2, 0) is 23.0 Å². The molecular weight excluding hydrogens is 306 g/mol. The van der Waals surface area contributed by atoms with E-state index < -0.39 is 10.0 Å². The average molecular weight is 332 g/mol. The maximum atomic E-state index is 11.4. The fraction of sp³-hybridized carbons (Fsp3) is 0.786. The van der Waals surface area contributed by atoms with E-state index in [0.717, 1.165) is 38.9 Å². The topological polar surface area (TPSA) is 62.3 Å². The number of aryl methyl sites for hydroxylation is 1. The highest BCUT2D eigenvalue weighted by Gasteiger charge is 2.21. The second-order valence-corrected chi connectivity index (χ2v) is 8.60. The molecule has 1 N–H and O–H groups in total. The van der Waals surface area contributed by atoms with Crippen molar-refractivity contribution in [2.24, 2.45) is 5.92 Å². The van der Waals surface area contributed by atoms with Crippen molar-refractivity contribution in [1.82, 2.24) is 14.6 Å². The quantitative estimate of drug-likeness (QED) is 0.828. The second-order valence-electron chi connectivity index (χ2n) is 5.56. The molecule has 1 aliphatic heterocycles. The monoisotopic (exact) mass is 331 g/mol. The van der Waals surface area contributed by atoms with E-state index in [4.69, 9.17) is 0 Å². The third-order valence-electron chi connectivity index (χ3n) is 3.97. The predicted molar refractivity (Wildman–Crippen MR) is 87.0 cm³/mol. The van der Waals surface area contributed by atoms with Gasteiger partial charge in [0.05, 0.1) is 16.5 Å². The van der Waals surface area contributed by atoms with Gasteiger partial charge >= 0.3 is 0 Å². The summed E-state index contributed by atoms with van der Waals surface area (Å²) in [6.07, 6.45) is 3.11. The van der Waals surface area contributed by atoms with Gasteiger partial charge in [0.2, 0.25) is 10.0 Å². The Balaban J connectivity index is 1.73. The van der Waals surface area contributed by atoms with Gasteiger partial charge in [-0.15, -0.1) is 11.3 Å². The lowest BCUT2D eigenvalue weighted by molar-refractivity contribution is 0.177. The lowest BCUT2D eigenvalue weighted by Crippen LogP contribution is -2.38. The number of nitrogens with one attached hydrogen (secondary N) is 1. The Morgan fingerprint density at radius 1 is 1.38 bits per heavy atom. The molecule has 0 aromatic carbocycles. The van der Waals surface area contributed by atoms with E-state index in [1.165, 1.54) is 10.7 Å². The number of hydrogen-bond donors (Lipinski definition) is 1. The van der Waals surface area contributed by atoms with Crippen LogP contribution in [0.1, 0.15) is 37.4 Å². The van der Waals surface area contributed by atoms with Crippen molar-refractivity contribution in [1.29, 1.82) is 0 Å². The molecule has 2 heterocycles. The highest BCUT2D eigenvalue weighted by atomic mass is 32.2. The Hall–Kier alpha value is -0.500. The molecule has 0 spiro atoms. The van der Waals surface area contributed by atoms with Gasteiger partial charge in [-0.3, -0.25) is 4.90 Å². The number of piperidine rings is 1. The van der Waals surface area contributed by atoms with Crippen LogP contribution in [-0.4, -0.2) is 43.7 Å². The van der Waals surface area contributed by atoms with Crippen LogP contribution < -0.4 is 4.72 Å². The second kappa shape index (κ2) is 7.67. The van der Waals surface area contributed by atoms with Crippen LogP contribution in [0.25, 0.3) is 0 Å². The van der Waals surface area contributed by atoms with Crippen LogP contribution in [0.4, 0.5) is 0 Å². The van der Waals surface area contributed by atoms with Crippen LogP contribution in [0.3, 0.4) is 0 Å². The van der Waals surface area contributed by atoms with Crippen molar-refractivity contribution < 1.29 is 8.42 Å². The Morgan fingerprint density at radius 2 is 2.10 bits per heavy atom. The van der Waals surface area contributed by atoms with E-state index in [9.17, 15) is 8.42 Å². The minimum absolute atomic E-state index is 0.162. The highest BCUT2D eigenvalue weighted by Crippen LogP contribution is 2.19. The summed E-state index contributed by atoms with van der Waals surface area (Å²) in [5.74, 6) is 0.624. The van der Waals surface area contributed by atoms with E-state index in [0.29, 0.717) is 12.5 Å². The maximum absolute atomic E-state index is 11.4. The Labute approximate surface area is 131 Å². The summed E-state index contributed by atoms with van der Waals surface area (Å²) in [7, 11) is -3.05. The molecule has 0 amide bonds. The lowest BCUT2D eigenvalue weighted by atomic mass is 9.97. The number of likely N-dealkylation sites (tertiary alicyclic amines) is 1. The lowest BCUT2D eigenvalue weighted by Gasteiger charge is -2.31. The SMILES string of the molecule is CCc1nc(CN2CCC(CNS(=O)(=O)CC)CC2)cs1. The molecule has 21 heavy (non-hydrogen) atoms. The Kier molecular flexibility index (Phi) is 6.16. The van der Waals surface area contributed by atoms with Crippen LogP contribution in [0.5, 0.6) is 0 Å². The fourth-order valence-electron chi connectivity index (χ4n) is 2.51. The maximum Gasteiger partial charge on any atom is 0.211 e. The zero-order valence-corrected chi connectivity index (χ0v) is 14.5. The van der Waals surface area contributed by atoms with E-state index >= 15 is 0 Å². The third-order valence-corrected chi connectivity index (χ3v) is 6.38. The number of aromatic nitrogens is 1. The summed E-state index contributed by atoms with van der Waals surface area (Å²) in [6, 6.07) is 0. The number of nitrogens with zero attached hydrogens (tertiary/aromatic N) is 2. The first-order chi connectivity index (χ1) is 10.0. The number of hydrogen-bond acceptors (Lipinski definition) is 5. The molecule has 0 saturated carbocycles. The Bertz CT molecular complexity index is 534. The van der Waals surface area contributed by atoms with Crippen LogP contribution in [0.15, 0.2) is 5.38 Å². The standard InChI is InChI=1S/C14H25N3O2S2/c1-3-14-16-13(11-20-14)10-17-7-5-12(6-8-17)9-15-21(18,19)4-2/h11-12,15H,3-10H2,1-2H3. The van der Waals surface area contributed by atoms with Gasteiger partial charge in [0.15, 0.2) is 0 Å². The molecule has 0 atom stereocenters. The number of sulfonamides is 1. The minimum Gasteiger partial charge on any atom is -0.297 e. The molecule has 7 heteroatoms. The van der Waals surface area contributed by atoms with Gasteiger partial charge in [-0.1, -0.05) is 6.92 Å². The molecule has 1 saturated heterocycles. The zero-order chi connectivity index (χ0) is 15.3. The van der Waals surface area contributed by atoms with Gasteiger partial charge in [-0.25, -0.2) is 18.1 Å². The van der Waals surface area contributed by atoms with E-state index in [1.54, 1.807) is 18.3 Å². The molecule has 5 nitrogen and oxygen atoms in total. The van der Waals surface area contributed by atoms with Crippen LogP contribution >= 0.6 is 11.3 Å². The average Bonchev–Trinajstić information content (AvgIpc) is 2.94. The largest absolute Gasteiger partial charge is 0.297 e. The summed E-state index contributed by atoms with van der Waals surface area (Å²) in [5, 5.41) is 3.36. The number of thiazole rings is 1. The molecule has 1 aromatic rings. The van der Waals surface area contributed by atoms with Gasteiger partial charge in [0.1, 0.15) is 0 Å². The van der Waals surface area contributed by atoms with Crippen molar-refractivity contribution in [3.05, 3.63) is 16.1 Å². The molecule has 120 valence electrons. The molecule has 1 fully saturated rings. The van der Waals surface area contributed by atoms with Crippen LogP contribution in [0.2, 0.25) is 0 Å². The molecule has 0 radical (unpaired) electrons. The molecule has 0 bridgehead atoms. The summed E-state index contributed by atoms with van der Waals surface area (Å²) < 4.78 is 25.6. The highest BCUT2D eigenvalue weighted by molar-refractivity contribution is 7.89. The third kappa shape index (κ3) is 5.32. The predicted octanol–water partition coefficient (Wildman–Crippen LogP) is 1.86. The number of rotatable bonds is 7.